The molecule has 0 saturated heterocycles. The van der Waals surface area contributed by atoms with Crippen LogP contribution in [0.4, 0.5) is 22.6 Å². The van der Waals surface area contributed by atoms with Crippen LogP contribution in [0.2, 0.25) is 0 Å². The largest absolute Gasteiger partial charge is 0.476 e. The maximum Gasteiger partial charge on any atom is 0.355 e. The quantitative estimate of drug-likeness (QED) is 0.130. The number of fused-ring (bicyclic) bond motifs is 2. The Bertz CT molecular complexity index is 2220. The lowest BCUT2D eigenvalue weighted by Gasteiger charge is -2.69. The number of nitrogens with one attached hydrogen (secondary N) is 1. The number of benzene rings is 1. The molecule has 0 radical (unpaired) electrons. The van der Waals surface area contributed by atoms with Crippen molar-refractivity contribution in [1.29, 1.82) is 0 Å². The molecule has 13 heteroatoms. The van der Waals surface area contributed by atoms with E-state index in [1.807, 2.05) is 49.1 Å². The Morgan fingerprint density at radius 3 is 2.53 bits per heavy atom. The summed E-state index contributed by atoms with van der Waals surface area (Å²) in [6.45, 7) is 10.7. The summed E-state index contributed by atoms with van der Waals surface area (Å²) < 4.78 is 9.67. The van der Waals surface area contributed by atoms with Gasteiger partial charge in [-0.05, 0) is 106 Å². The molecule has 5 aliphatic rings. The molecule has 0 spiro atoms. The molecule has 0 amide bonds. The fourth-order valence-corrected chi connectivity index (χ4v) is 12.4. The van der Waals surface area contributed by atoms with Crippen molar-refractivity contribution >= 4 is 50.1 Å². The number of carboxylic acids is 1. The first-order chi connectivity index (χ1) is 25.4. The number of thiazole rings is 1. The van der Waals surface area contributed by atoms with Crippen molar-refractivity contribution in [2.75, 3.05) is 30.0 Å². The van der Waals surface area contributed by atoms with E-state index < -0.39 is 5.97 Å². The summed E-state index contributed by atoms with van der Waals surface area (Å²) in [5, 5.41) is 38.4. The zero-order valence-electron chi connectivity index (χ0n) is 30.8. The molecule has 4 fully saturated rings. The number of carbonyl (C=O) groups is 1. The van der Waals surface area contributed by atoms with Crippen molar-refractivity contribution in [2.24, 2.45) is 16.2 Å². The van der Waals surface area contributed by atoms with Gasteiger partial charge in [0.15, 0.2) is 22.5 Å². The molecule has 4 aromatic heterocycles. The van der Waals surface area contributed by atoms with E-state index in [9.17, 15) is 15.0 Å². The summed E-state index contributed by atoms with van der Waals surface area (Å²) >= 11 is 1.57. The number of para-hydroxylation sites is 1. The lowest BCUT2D eigenvalue weighted by atomic mass is 9.39. The van der Waals surface area contributed by atoms with Gasteiger partial charge in [0, 0.05) is 41.0 Å². The van der Waals surface area contributed by atoms with Crippen LogP contribution in [0.15, 0.2) is 42.6 Å². The van der Waals surface area contributed by atoms with E-state index in [0.717, 1.165) is 89.2 Å². The summed E-state index contributed by atoms with van der Waals surface area (Å²) in [6, 6.07) is 11.8. The van der Waals surface area contributed by atoms with Crippen molar-refractivity contribution in [3.05, 3.63) is 65.1 Å². The van der Waals surface area contributed by atoms with Crippen LogP contribution in [-0.4, -0.2) is 71.5 Å². The number of pyridine rings is 1. The Kier molecular flexibility index (Phi) is 7.96. The molecule has 276 valence electrons. The first kappa shape index (κ1) is 34.3. The Morgan fingerprint density at radius 2 is 1.77 bits per heavy atom. The predicted octanol–water partition coefficient (Wildman–Crippen LogP) is 7.62. The third kappa shape index (κ3) is 5.88. The molecule has 4 aliphatic carbocycles. The zero-order valence-corrected chi connectivity index (χ0v) is 31.6. The molecule has 2 unspecified atom stereocenters. The Morgan fingerprint density at radius 1 is 0.981 bits per heavy atom. The highest BCUT2D eigenvalue weighted by molar-refractivity contribution is 7.22. The number of hydrogen-bond donors (Lipinski definition) is 3. The maximum atomic E-state index is 12.8. The summed E-state index contributed by atoms with van der Waals surface area (Å²) in [5.74, 6) is 0.800. The predicted molar refractivity (Wildman–Crippen MR) is 204 cm³/mol. The third-order valence-corrected chi connectivity index (χ3v) is 13.2. The normalized spacial score (nSPS) is 27.4. The second kappa shape index (κ2) is 12.3. The molecule has 4 bridgehead atoms. The van der Waals surface area contributed by atoms with Crippen LogP contribution in [0, 0.1) is 30.1 Å². The van der Waals surface area contributed by atoms with Gasteiger partial charge in [-0.1, -0.05) is 37.3 Å². The van der Waals surface area contributed by atoms with E-state index >= 15 is 0 Å². The highest BCUT2D eigenvalue weighted by Crippen LogP contribution is 2.72. The average molecular weight is 735 g/mol. The molecule has 10 rings (SSSR count). The molecule has 1 aliphatic heterocycles. The molecule has 1 aromatic carbocycles. The van der Waals surface area contributed by atoms with Gasteiger partial charge in [-0.2, -0.15) is 5.10 Å². The lowest BCUT2D eigenvalue weighted by Crippen LogP contribution is -2.64. The van der Waals surface area contributed by atoms with Crippen LogP contribution < -0.4 is 10.2 Å². The van der Waals surface area contributed by atoms with Crippen molar-refractivity contribution in [2.45, 2.75) is 91.2 Å². The number of aliphatic hydroxyl groups excluding tert-OH is 1. The van der Waals surface area contributed by atoms with Crippen LogP contribution in [0.3, 0.4) is 0 Å². The number of aromatic nitrogens is 6. The SMILES string of the molecule is Cc1c(Nc2nc3ccccc3s2)nnc2c1CCCN2c1ccc(-c2cnn(CC34CC5(C)CC(C)(C3)CC(OCCO)(C5)C4)c2C)c(C(=O)O)n1. The van der Waals surface area contributed by atoms with Gasteiger partial charge in [-0.25, -0.2) is 14.8 Å². The summed E-state index contributed by atoms with van der Waals surface area (Å²) in [6.07, 6.45) is 9.95. The highest BCUT2D eigenvalue weighted by atomic mass is 32.1. The minimum Gasteiger partial charge on any atom is -0.476 e. The van der Waals surface area contributed by atoms with Gasteiger partial charge in [-0.3, -0.25) is 4.68 Å². The fourth-order valence-electron chi connectivity index (χ4n) is 11.5. The van der Waals surface area contributed by atoms with Crippen molar-refractivity contribution < 1.29 is 19.7 Å². The smallest absolute Gasteiger partial charge is 0.355 e. The van der Waals surface area contributed by atoms with E-state index in [1.54, 1.807) is 17.5 Å². The van der Waals surface area contributed by atoms with E-state index in [2.05, 4.69) is 40.1 Å². The van der Waals surface area contributed by atoms with Crippen LogP contribution in [0.5, 0.6) is 0 Å². The number of hydrogen-bond acceptors (Lipinski definition) is 11. The number of aliphatic hydroxyl groups is 1. The zero-order chi connectivity index (χ0) is 36.8. The van der Waals surface area contributed by atoms with E-state index in [1.165, 1.54) is 6.42 Å². The van der Waals surface area contributed by atoms with Gasteiger partial charge < -0.3 is 25.2 Å². The molecular formula is C40H46N8O4S. The molecular weight excluding hydrogens is 689 g/mol. The van der Waals surface area contributed by atoms with Gasteiger partial charge in [0.05, 0.1) is 35.2 Å². The molecule has 12 nitrogen and oxygen atoms in total. The van der Waals surface area contributed by atoms with Crippen molar-refractivity contribution in [3.63, 3.8) is 0 Å². The fraction of sp³-hybridized carbons (Fsp3) is 0.500. The van der Waals surface area contributed by atoms with Gasteiger partial charge in [0.2, 0.25) is 0 Å². The maximum absolute atomic E-state index is 12.8. The highest BCUT2D eigenvalue weighted by Gasteiger charge is 2.66. The molecule has 2 atom stereocenters. The van der Waals surface area contributed by atoms with Gasteiger partial charge in [0.25, 0.3) is 0 Å². The topological polar surface area (TPSA) is 151 Å². The second-order valence-corrected chi connectivity index (χ2v) is 18.0. The minimum atomic E-state index is -1.09. The Balaban J connectivity index is 0.998. The molecule has 5 heterocycles. The summed E-state index contributed by atoms with van der Waals surface area (Å²) in [5.41, 5.74) is 5.39. The van der Waals surface area contributed by atoms with Gasteiger partial charge in [0.1, 0.15) is 5.82 Å². The van der Waals surface area contributed by atoms with E-state index in [-0.39, 0.29) is 34.1 Å². The molecule has 3 N–H and O–H groups in total. The van der Waals surface area contributed by atoms with Crippen molar-refractivity contribution in [1.82, 2.24) is 29.9 Å². The Labute approximate surface area is 312 Å². The summed E-state index contributed by atoms with van der Waals surface area (Å²) in [7, 11) is 0. The van der Waals surface area contributed by atoms with Gasteiger partial charge >= 0.3 is 5.97 Å². The minimum absolute atomic E-state index is 0.0118. The first-order valence-electron chi connectivity index (χ1n) is 18.7. The number of anilines is 4. The molecule has 53 heavy (non-hydrogen) atoms. The first-order valence-corrected chi connectivity index (χ1v) is 19.5. The van der Waals surface area contributed by atoms with Crippen molar-refractivity contribution in [3.8, 4) is 11.1 Å². The number of ether oxygens (including phenoxy) is 1. The number of carboxylic acid groups (broad SMARTS) is 1. The second-order valence-electron chi connectivity index (χ2n) is 17.0. The van der Waals surface area contributed by atoms with Gasteiger partial charge in [-0.15, -0.1) is 10.2 Å². The van der Waals surface area contributed by atoms with Crippen LogP contribution in [-0.2, 0) is 17.7 Å². The number of aromatic carboxylic acids is 1. The monoisotopic (exact) mass is 734 g/mol. The summed E-state index contributed by atoms with van der Waals surface area (Å²) in [4.78, 5) is 24.3. The van der Waals surface area contributed by atoms with E-state index in [4.69, 9.17) is 19.8 Å². The molecule has 4 saturated carbocycles. The lowest BCUT2D eigenvalue weighted by molar-refractivity contribution is -0.250. The Hall–Kier alpha value is -4.46. The molecule has 5 aromatic rings. The van der Waals surface area contributed by atoms with E-state index in [0.29, 0.717) is 36.2 Å². The third-order valence-electron chi connectivity index (χ3n) is 12.3. The standard InChI is InChI=1S/C40H46N8O4S/c1-24-26-8-7-13-47(34(26)46-45-33(24)44-36-42-29-9-5-6-10-30(29)53-36)31-12-11-27(32(43-31)35(50)51)28-16-41-48(25(28)2)23-39-18-37(3)17-38(4,19-39)21-40(20-37,22-39)52-15-14-49/h5-6,9-12,16,49H,7-8,13-15,17-23H2,1-4H3,(H,50,51)(H,42,44,45). The van der Waals surface area contributed by atoms with Crippen LogP contribution in [0.25, 0.3) is 21.3 Å². The van der Waals surface area contributed by atoms with Crippen LogP contribution in [0.1, 0.15) is 86.1 Å². The average Bonchev–Trinajstić information content (AvgIpc) is 3.68. The number of rotatable bonds is 10. The van der Waals surface area contributed by atoms with Crippen LogP contribution >= 0.6 is 11.3 Å². The number of nitrogens with zero attached hydrogens (tertiary/aromatic N) is 7.